The first-order valence-electron chi connectivity index (χ1n) is 9.87. The van der Waals surface area contributed by atoms with Gasteiger partial charge in [0, 0.05) is 29.8 Å². The van der Waals surface area contributed by atoms with Crippen LogP contribution in [0.3, 0.4) is 0 Å². The third kappa shape index (κ3) is 4.47. The van der Waals surface area contributed by atoms with Crippen LogP contribution in [-0.2, 0) is 4.79 Å². The maximum absolute atomic E-state index is 12.7. The van der Waals surface area contributed by atoms with E-state index in [-0.39, 0.29) is 11.9 Å². The van der Waals surface area contributed by atoms with Gasteiger partial charge in [-0.15, -0.1) is 0 Å². The number of benzene rings is 2. The van der Waals surface area contributed by atoms with Crippen LogP contribution in [0.1, 0.15) is 36.4 Å². The van der Waals surface area contributed by atoms with E-state index in [0.29, 0.717) is 36.0 Å². The minimum Gasteiger partial charge on any atom is -0.490 e. The summed E-state index contributed by atoms with van der Waals surface area (Å²) in [5, 5.41) is 12.6. The van der Waals surface area contributed by atoms with Gasteiger partial charge in [0.25, 0.3) is 5.91 Å². The number of fused-ring (bicyclic) bond motifs is 1. The van der Waals surface area contributed by atoms with E-state index in [0.717, 1.165) is 42.9 Å². The molecule has 29 heavy (non-hydrogen) atoms. The van der Waals surface area contributed by atoms with Crippen molar-refractivity contribution in [3.8, 4) is 17.6 Å². The first kappa shape index (κ1) is 19.6. The van der Waals surface area contributed by atoms with Gasteiger partial charge in [0.2, 0.25) is 0 Å². The number of anilines is 1. The lowest BCUT2D eigenvalue weighted by Gasteiger charge is -2.22. The summed E-state index contributed by atoms with van der Waals surface area (Å²) in [6, 6.07) is 13.3. The molecule has 2 aliphatic heterocycles. The normalized spacial score (nSPS) is 20.6. The maximum Gasteiger partial charge on any atom is 0.279 e. The van der Waals surface area contributed by atoms with Gasteiger partial charge in [0.1, 0.15) is 12.1 Å². The van der Waals surface area contributed by atoms with Crippen molar-refractivity contribution in [3.63, 3.8) is 0 Å². The van der Waals surface area contributed by atoms with Crippen molar-refractivity contribution in [3.05, 3.63) is 52.5 Å². The molecule has 7 heteroatoms. The van der Waals surface area contributed by atoms with Crippen molar-refractivity contribution in [1.82, 2.24) is 0 Å². The van der Waals surface area contributed by atoms with Gasteiger partial charge in [-0.2, -0.15) is 5.26 Å². The van der Waals surface area contributed by atoms with Crippen LogP contribution in [0.5, 0.6) is 11.5 Å². The van der Waals surface area contributed by atoms with Crippen LogP contribution < -0.4 is 19.7 Å². The molecule has 150 valence electrons. The van der Waals surface area contributed by atoms with E-state index >= 15 is 0 Å². The lowest BCUT2D eigenvalue weighted by molar-refractivity contribution is -0.910. The van der Waals surface area contributed by atoms with Gasteiger partial charge >= 0.3 is 0 Å². The molecule has 2 aromatic carbocycles. The number of carbonyl (C=O) groups excluding carboxylic acids is 1. The predicted molar refractivity (Wildman–Crippen MR) is 110 cm³/mol. The van der Waals surface area contributed by atoms with Crippen molar-refractivity contribution < 1.29 is 19.2 Å². The Bertz CT molecular complexity index is 957. The Hall–Kier alpha value is -2.75. The fourth-order valence-corrected chi connectivity index (χ4v) is 4.21. The van der Waals surface area contributed by atoms with Gasteiger partial charge < -0.3 is 19.7 Å². The molecule has 2 heterocycles. The molecule has 0 spiro atoms. The van der Waals surface area contributed by atoms with Crippen molar-refractivity contribution >= 4 is 23.2 Å². The smallest absolute Gasteiger partial charge is 0.279 e. The van der Waals surface area contributed by atoms with Gasteiger partial charge in [-0.25, -0.2) is 0 Å². The number of hydrogen-bond donors (Lipinski definition) is 2. The Labute approximate surface area is 175 Å². The summed E-state index contributed by atoms with van der Waals surface area (Å²) < 4.78 is 11.5. The molecule has 1 saturated heterocycles. The molecule has 0 saturated carbocycles. The second-order valence-corrected chi connectivity index (χ2v) is 7.82. The zero-order valence-corrected chi connectivity index (χ0v) is 16.8. The number of nitriles is 1. The van der Waals surface area contributed by atoms with Crippen LogP contribution in [0, 0.1) is 11.3 Å². The zero-order valence-electron chi connectivity index (χ0n) is 16.0. The number of halogens is 1. The molecule has 2 N–H and O–H groups in total. The molecular formula is C22H23ClN3O3+. The molecule has 4 rings (SSSR count). The number of nitrogens with zero attached hydrogens (tertiary/aromatic N) is 1. The van der Waals surface area contributed by atoms with Crippen molar-refractivity contribution in [2.45, 2.75) is 25.3 Å². The Morgan fingerprint density at radius 1 is 1.17 bits per heavy atom. The number of rotatable bonds is 4. The summed E-state index contributed by atoms with van der Waals surface area (Å²) in [5.41, 5.74) is 2.02. The Morgan fingerprint density at radius 2 is 2.00 bits per heavy atom. The number of quaternary nitrogens is 1. The van der Waals surface area contributed by atoms with E-state index in [1.165, 1.54) is 4.90 Å². The van der Waals surface area contributed by atoms with Crippen LogP contribution in [0.4, 0.5) is 5.69 Å². The van der Waals surface area contributed by atoms with Crippen LogP contribution in [0.2, 0.25) is 5.02 Å². The average Bonchev–Trinajstić information content (AvgIpc) is 3.03. The minimum absolute atomic E-state index is 0.125. The second kappa shape index (κ2) is 8.73. The van der Waals surface area contributed by atoms with Gasteiger partial charge in [-0.3, -0.25) is 4.79 Å². The highest BCUT2D eigenvalue weighted by atomic mass is 35.5. The summed E-state index contributed by atoms with van der Waals surface area (Å²) in [4.78, 5) is 13.9. The quantitative estimate of drug-likeness (QED) is 0.809. The first-order chi connectivity index (χ1) is 14.1. The van der Waals surface area contributed by atoms with Gasteiger partial charge in [0.15, 0.2) is 18.0 Å². The molecule has 2 atom stereocenters. The fourth-order valence-electron chi connectivity index (χ4n) is 4.04. The Kier molecular flexibility index (Phi) is 5.89. The van der Waals surface area contributed by atoms with Gasteiger partial charge in [-0.1, -0.05) is 11.6 Å². The molecule has 1 fully saturated rings. The second-order valence-electron chi connectivity index (χ2n) is 7.39. The van der Waals surface area contributed by atoms with E-state index in [4.69, 9.17) is 21.1 Å². The molecule has 1 amide bonds. The number of carbonyl (C=O) groups is 1. The van der Waals surface area contributed by atoms with Gasteiger partial charge in [-0.05, 0) is 36.4 Å². The molecule has 1 unspecified atom stereocenters. The van der Waals surface area contributed by atoms with Crippen molar-refractivity contribution in [2.24, 2.45) is 0 Å². The van der Waals surface area contributed by atoms with E-state index < -0.39 is 0 Å². The van der Waals surface area contributed by atoms with Crippen LogP contribution >= 0.6 is 11.6 Å². The number of likely N-dealkylation sites (tertiary alicyclic amines) is 1. The van der Waals surface area contributed by atoms with Crippen LogP contribution in [0.25, 0.3) is 0 Å². The lowest BCUT2D eigenvalue weighted by Crippen LogP contribution is -3.11. The average molecular weight is 413 g/mol. The molecule has 6 nitrogen and oxygen atoms in total. The maximum atomic E-state index is 12.7. The number of ether oxygens (including phenoxy) is 2. The zero-order chi connectivity index (χ0) is 20.2. The molecule has 2 aliphatic rings. The molecule has 0 radical (unpaired) electrons. The van der Waals surface area contributed by atoms with E-state index in [9.17, 15) is 10.1 Å². The highest BCUT2D eigenvalue weighted by Crippen LogP contribution is 2.33. The molecule has 2 aromatic rings. The summed E-state index contributed by atoms with van der Waals surface area (Å²) in [6.07, 6.45) is 2.95. The number of nitrogens with one attached hydrogen (secondary N) is 2. The molecular weight excluding hydrogens is 390 g/mol. The predicted octanol–water partition coefficient (Wildman–Crippen LogP) is 2.73. The highest BCUT2D eigenvalue weighted by Gasteiger charge is 2.32. The summed E-state index contributed by atoms with van der Waals surface area (Å²) in [7, 11) is 0. The molecule has 0 aliphatic carbocycles. The lowest BCUT2D eigenvalue weighted by atomic mass is 10.0. The van der Waals surface area contributed by atoms with E-state index in [2.05, 4.69) is 23.5 Å². The Balaban J connectivity index is 1.47. The largest absolute Gasteiger partial charge is 0.490 e. The van der Waals surface area contributed by atoms with E-state index in [1.54, 1.807) is 18.2 Å². The third-order valence-electron chi connectivity index (χ3n) is 5.42. The monoisotopic (exact) mass is 412 g/mol. The standard InChI is InChI=1S/C22H22ClN3O3/c23-17-6-4-16(13-24)18(12-17)25-22(27)14-26-8-1-3-19(26)15-5-7-20-21(11-15)29-10-2-9-28-20/h4-7,11-12,19H,1-3,8-10,14H2,(H,25,27)/p+1/t19-/m0/s1. The molecule has 0 bridgehead atoms. The fraction of sp³-hybridized carbons (Fsp3) is 0.364. The number of amides is 1. The SMILES string of the molecule is N#Cc1ccc(Cl)cc1NC(=O)C[NH+]1CCC[C@H]1c1ccc2c(c1)OCCCO2. The summed E-state index contributed by atoms with van der Waals surface area (Å²) in [5.74, 6) is 1.45. The van der Waals surface area contributed by atoms with Crippen LogP contribution in [0.15, 0.2) is 36.4 Å². The topological polar surface area (TPSA) is 75.8 Å². The highest BCUT2D eigenvalue weighted by molar-refractivity contribution is 6.31. The summed E-state index contributed by atoms with van der Waals surface area (Å²) >= 11 is 6.01. The van der Waals surface area contributed by atoms with Crippen LogP contribution in [-0.4, -0.2) is 32.2 Å². The first-order valence-corrected chi connectivity index (χ1v) is 10.3. The van der Waals surface area contributed by atoms with Crippen molar-refractivity contribution in [1.29, 1.82) is 5.26 Å². The van der Waals surface area contributed by atoms with E-state index in [1.807, 2.05) is 6.07 Å². The Morgan fingerprint density at radius 3 is 2.83 bits per heavy atom. The molecule has 0 aromatic heterocycles. The minimum atomic E-state index is -0.125. The third-order valence-corrected chi connectivity index (χ3v) is 5.66. The van der Waals surface area contributed by atoms with Crippen molar-refractivity contribution in [2.75, 3.05) is 31.6 Å². The number of hydrogen-bond acceptors (Lipinski definition) is 4. The summed E-state index contributed by atoms with van der Waals surface area (Å²) in [6.45, 7) is 2.58. The van der Waals surface area contributed by atoms with Gasteiger partial charge in [0.05, 0.1) is 31.0 Å².